The minimum absolute atomic E-state index is 0.0421. The van der Waals surface area contributed by atoms with Gasteiger partial charge in [0.2, 0.25) is 0 Å². The van der Waals surface area contributed by atoms with Crippen LogP contribution in [0, 0.1) is 0 Å². The number of aromatic hydroxyl groups is 2. The summed E-state index contributed by atoms with van der Waals surface area (Å²) < 4.78 is 78.4. The van der Waals surface area contributed by atoms with Gasteiger partial charge in [-0.15, -0.1) is 20.5 Å². The largest absolute Gasteiger partial charge is 0.505 e. The number of nitrogen functional groups attached to an aromatic ring is 1. The van der Waals surface area contributed by atoms with E-state index in [4.69, 9.17) is 15.2 Å². The molecule has 6 aromatic carbocycles. The Morgan fingerprint density at radius 3 is 1.63 bits per heavy atom. The summed E-state index contributed by atoms with van der Waals surface area (Å²) in [6.45, 7) is 0. The van der Waals surface area contributed by atoms with Crippen molar-refractivity contribution in [1.82, 2.24) is 0 Å². The molecule has 0 fully saturated rings. The molecule has 0 aromatic heterocycles. The van der Waals surface area contributed by atoms with Crippen molar-refractivity contribution in [2.45, 2.75) is 9.79 Å². The number of anilines is 1. The molecule has 0 spiro atoms. The van der Waals surface area contributed by atoms with Gasteiger partial charge in [0.25, 0.3) is 20.2 Å². The molecular formula is C34H27N5O10S2. The number of benzene rings is 6. The third kappa shape index (κ3) is 6.73. The molecular weight excluding hydrogens is 703 g/mol. The van der Waals surface area contributed by atoms with Crippen molar-refractivity contribution >= 4 is 70.2 Å². The van der Waals surface area contributed by atoms with Crippen molar-refractivity contribution in [3.05, 3.63) is 91.0 Å². The van der Waals surface area contributed by atoms with E-state index in [0.717, 1.165) is 6.07 Å². The molecule has 0 heterocycles. The average Bonchev–Trinajstić information content (AvgIpc) is 3.10. The van der Waals surface area contributed by atoms with Crippen LogP contribution in [-0.2, 0) is 20.2 Å². The Labute approximate surface area is 290 Å². The molecule has 6 N–H and O–H groups in total. The van der Waals surface area contributed by atoms with Crippen molar-refractivity contribution in [3.63, 3.8) is 0 Å². The molecule has 17 heteroatoms. The summed E-state index contributed by atoms with van der Waals surface area (Å²) in [5.74, 6) is -0.325. The highest BCUT2D eigenvalue weighted by Crippen LogP contribution is 2.44. The van der Waals surface area contributed by atoms with Crippen LogP contribution < -0.4 is 15.2 Å². The van der Waals surface area contributed by atoms with E-state index >= 15 is 0 Å². The molecule has 0 saturated carbocycles. The molecule has 0 bridgehead atoms. The SMILES string of the molecule is COc1cc(-c2ccc(N=Nc3c(S(=O)(=O)O)cc4c(N)cccc4c3O)c(OC)c2)ccc1N=Nc1ccc2c(S(=O)(=O)O)cccc2c1O. The number of nitrogens with zero attached hydrogens (tertiary/aromatic N) is 4. The fourth-order valence-corrected chi connectivity index (χ4v) is 6.74. The maximum Gasteiger partial charge on any atom is 0.296 e. The first-order valence-corrected chi connectivity index (χ1v) is 17.5. The number of phenols is 2. The molecule has 0 saturated heterocycles. The molecule has 0 aliphatic rings. The van der Waals surface area contributed by atoms with Gasteiger partial charge in [0.15, 0.2) is 11.5 Å². The van der Waals surface area contributed by atoms with E-state index in [2.05, 4.69) is 20.5 Å². The van der Waals surface area contributed by atoms with Gasteiger partial charge in [-0.25, -0.2) is 0 Å². The second-order valence-electron chi connectivity index (χ2n) is 10.9. The van der Waals surface area contributed by atoms with E-state index in [1.165, 1.54) is 56.7 Å². The standard InChI is InChI=1S/C34H27N5O10S2/c1-48-28-15-18(9-12-25(28)36-38-27-14-11-20-21(33(27)40)6-4-8-30(20)50(42,43)44)19-10-13-26(29(16-19)49-2)37-39-32-31(51(45,46)47)17-23-22(34(32)41)5-3-7-24(23)35/h3-17,40-41H,35H2,1-2H3,(H,42,43,44)(H,45,46,47). The lowest BCUT2D eigenvalue weighted by molar-refractivity contribution is 0.415. The normalized spacial score (nSPS) is 12.3. The van der Waals surface area contributed by atoms with Gasteiger partial charge < -0.3 is 25.4 Å². The molecule has 15 nitrogen and oxygen atoms in total. The van der Waals surface area contributed by atoms with Gasteiger partial charge in [-0.05, 0) is 59.7 Å². The number of fused-ring (bicyclic) bond motifs is 2. The van der Waals surface area contributed by atoms with E-state index in [1.54, 1.807) is 42.5 Å². The number of rotatable bonds is 9. The Kier molecular flexibility index (Phi) is 9.05. The molecule has 0 aliphatic carbocycles. The van der Waals surface area contributed by atoms with E-state index in [0.29, 0.717) is 22.6 Å². The van der Waals surface area contributed by atoms with Crippen LogP contribution in [0.25, 0.3) is 32.7 Å². The minimum Gasteiger partial charge on any atom is -0.505 e. The van der Waals surface area contributed by atoms with Crippen molar-refractivity contribution in [2.24, 2.45) is 20.5 Å². The molecule has 6 aromatic rings. The van der Waals surface area contributed by atoms with Gasteiger partial charge in [-0.1, -0.05) is 42.5 Å². The maximum absolute atomic E-state index is 12.2. The van der Waals surface area contributed by atoms with Gasteiger partial charge in [0, 0.05) is 27.2 Å². The fraction of sp³-hybridized carbons (Fsp3) is 0.0588. The Morgan fingerprint density at radius 1 is 0.549 bits per heavy atom. The zero-order valence-electron chi connectivity index (χ0n) is 26.6. The van der Waals surface area contributed by atoms with Crippen molar-refractivity contribution in [3.8, 4) is 34.1 Å². The smallest absolute Gasteiger partial charge is 0.296 e. The third-order valence-corrected chi connectivity index (χ3v) is 9.65. The Balaban J connectivity index is 1.31. The second-order valence-corrected chi connectivity index (χ2v) is 13.7. The molecule has 0 unspecified atom stereocenters. The van der Waals surface area contributed by atoms with Crippen LogP contribution in [0.1, 0.15) is 0 Å². The number of hydrogen-bond acceptors (Lipinski definition) is 13. The van der Waals surface area contributed by atoms with Gasteiger partial charge >= 0.3 is 0 Å². The van der Waals surface area contributed by atoms with Gasteiger partial charge in [0.1, 0.15) is 44.0 Å². The van der Waals surface area contributed by atoms with Crippen molar-refractivity contribution in [2.75, 3.05) is 20.0 Å². The summed E-state index contributed by atoms with van der Waals surface area (Å²) in [5.41, 5.74) is 7.47. The van der Waals surface area contributed by atoms with Crippen molar-refractivity contribution < 1.29 is 45.6 Å². The van der Waals surface area contributed by atoms with Crippen LogP contribution in [0.15, 0.2) is 121 Å². The van der Waals surface area contributed by atoms with E-state index in [1.807, 2.05) is 0 Å². The number of nitrogens with two attached hydrogens (primary N) is 1. The highest BCUT2D eigenvalue weighted by Gasteiger charge is 2.23. The van der Waals surface area contributed by atoms with E-state index in [-0.39, 0.29) is 55.0 Å². The van der Waals surface area contributed by atoms with Crippen LogP contribution in [-0.4, -0.2) is 50.4 Å². The monoisotopic (exact) mass is 729 g/mol. The van der Waals surface area contributed by atoms with Crippen LogP contribution in [0.4, 0.5) is 28.4 Å². The lowest BCUT2D eigenvalue weighted by Crippen LogP contribution is -2.00. The lowest BCUT2D eigenvalue weighted by atomic mass is 10.0. The van der Waals surface area contributed by atoms with Crippen LogP contribution in [0.3, 0.4) is 0 Å². The Morgan fingerprint density at radius 2 is 1.06 bits per heavy atom. The first kappa shape index (κ1) is 34.7. The highest BCUT2D eigenvalue weighted by atomic mass is 32.2. The van der Waals surface area contributed by atoms with Gasteiger partial charge in [0.05, 0.1) is 14.2 Å². The topological polar surface area (TPSA) is 243 Å². The summed E-state index contributed by atoms with van der Waals surface area (Å²) in [6, 6.07) is 22.5. The summed E-state index contributed by atoms with van der Waals surface area (Å²) in [5, 5.41) is 38.8. The van der Waals surface area contributed by atoms with Crippen LogP contribution >= 0.6 is 0 Å². The molecule has 0 amide bonds. The Hall–Kier alpha value is -6.14. The number of hydrogen-bond donors (Lipinski definition) is 5. The minimum atomic E-state index is -4.84. The molecule has 51 heavy (non-hydrogen) atoms. The van der Waals surface area contributed by atoms with E-state index in [9.17, 15) is 36.2 Å². The Bertz CT molecular complexity index is 2660. The van der Waals surface area contributed by atoms with Crippen molar-refractivity contribution in [1.29, 1.82) is 0 Å². The zero-order chi connectivity index (χ0) is 36.7. The number of azo groups is 2. The second kappa shape index (κ2) is 13.3. The molecule has 0 aliphatic heterocycles. The quantitative estimate of drug-likeness (QED) is 0.0542. The third-order valence-electron chi connectivity index (χ3n) is 7.87. The summed E-state index contributed by atoms with van der Waals surface area (Å²) in [4.78, 5) is -1.04. The number of ether oxygens (including phenoxy) is 2. The first-order valence-electron chi connectivity index (χ1n) is 14.6. The number of methoxy groups -OCH3 is 2. The van der Waals surface area contributed by atoms with Gasteiger partial charge in [-0.2, -0.15) is 16.8 Å². The molecule has 0 atom stereocenters. The summed E-state index contributed by atoms with van der Waals surface area (Å²) >= 11 is 0. The lowest BCUT2D eigenvalue weighted by Gasteiger charge is -2.11. The average molecular weight is 730 g/mol. The van der Waals surface area contributed by atoms with E-state index < -0.39 is 36.6 Å². The van der Waals surface area contributed by atoms with Gasteiger partial charge in [-0.3, -0.25) is 9.11 Å². The van der Waals surface area contributed by atoms with Crippen LogP contribution in [0.2, 0.25) is 0 Å². The molecule has 0 radical (unpaired) electrons. The predicted octanol–water partition coefficient (Wildman–Crippen LogP) is 7.99. The highest BCUT2D eigenvalue weighted by molar-refractivity contribution is 7.86. The fourth-order valence-electron chi connectivity index (χ4n) is 5.39. The zero-order valence-corrected chi connectivity index (χ0v) is 28.2. The molecule has 6 rings (SSSR count). The maximum atomic E-state index is 12.2. The predicted molar refractivity (Wildman–Crippen MR) is 189 cm³/mol. The first-order chi connectivity index (χ1) is 24.2. The summed E-state index contributed by atoms with van der Waals surface area (Å²) in [7, 11) is -6.54. The van der Waals surface area contributed by atoms with Crippen LogP contribution in [0.5, 0.6) is 23.0 Å². The summed E-state index contributed by atoms with van der Waals surface area (Å²) in [6.07, 6.45) is 0. The number of phenolic OH excluding ortho intramolecular Hbond substituents is 2. The molecule has 260 valence electrons.